The first-order valence-electron chi connectivity index (χ1n) is 5.23. The van der Waals surface area contributed by atoms with Crippen molar-refractivity contribution in [2.24, 2.45) is 5.73 Å². The molecule has 86 valence electrons. The second-order valence-corrected chi connectivity index (χ2v) is 3.75. The molecule has 0 saturated carbocycles. The summed E-state index contributed by atoms with van der Waals surface area (Å²) in [5.74, 6) is 0.519. The highest BCUT2D eigenvalue weighted by Crippen LogP contribution is 2.27. The Hall–Kier alpha value is -1.75. The zero-order valence-electron chi connectivity index (χ0n) is 8.90. The van der Waals surface area contributed by atoms with Crippen molar-refractivity contribution >= 4 is 11.6 Å². The van der Waals surface area contributed by atoms with E-state index in [9.17, 15) is 4.79 Å². The van der Waals surface area contributed by atoms with Crippen LogP contribution in [0.4, 0.5) is 5.69 Å². The third-order valence-electron chi connectivity index (χ3n) is 2.38. The molecule has 1 unspecified atom stereocenters. The lowest BCUT2D eigenvalue weighted by atomic mass is 10.2. The maximum absolute atomic E-state index is 10.5. The summed E-state index contributed by atoms with van der Waals surface area (Å²) < 4.78 is 5.57. The Balaban J connectivity index is 1.86. The van der Waals surface area contributed by atoms with Gasteiger partial charge in [-0.2, -0.15) is 0 Å². The van der Waals surface area contributed by atoms with Crippen molar-refractivity contribution in [3.8, 4) is 5.75 Å². The summed E-state index contributed by atoms with van der Waals surface area (Å²) in [6, 6.07) is 7.94. The second-order valence-electron chi connectivity index (χ2n) is 3.75. The van der Waals surface area contributed by atoms with Crippen molar-refractivity contribution in [2.45, 2.75) is 6.04 Å². The third-order valence-corrected chi connectivity index (χ3v) is 2.38. The largest absolute Gasteiger partial charge is 0.489 e. The van der Waals surface area contributed by atoms with Gasteiger partial charge in [0.2, 0.25) is 5.91 Å². The molecule has 0 saturated heterocycles. The Kier molecular flexibility index (Phi) is 3.26. The fraction of sp³-hybridized carbons (Fsp3) is 0.364. The van der Waals surface area contributed by atoms with Crippen LogP contribution in [0, 0.1) is 0 Å². The Morgan fingerprint density at radius 2 is 2.38 bits per heavy atom. The van der Waals surface area contributed by atoms with Crippen molar-refractivity contribution in [1.29, 1.82) is 0 Å². The number of amides is 1. The van der Waals surface area contributed by atoms with Gasteiger partial charge in [-0.15, -0.1) is 0 Å². The molecule has 0 bridgehead atoms. The Bertz CT molecular complexity index is 381. The summed E-state index contributed by atoms with van der Waals surface area (Å²) in [4.78, 5) is 10.5. The summed E-state index contributed by atoms with van der Waals surface area (Å²) in [6.07, 6.45) is 0. The lowest BCUT2D eigenvalue weighted by molar-refractivity contribution is -0.117. The molecule has 1 aromatic rings. The Morgan fingerprint density at radius 1 is 1.56 bits per heavy atom. The van der Waals surface area contributed by atoms with E-state index in [2.05, 4.69) is 10.6 Å². The van der Waals surface area contributed by atoms with Gasteiger partial charge >= 0.3 is 0 Å². The zero-order chi connectivity index (χ0) is 11.4. The molecule has 2 rings (SSSR count). The van der Waals surface area contributed by atoms with E-state index in [1.807, 2.05) is 24.3 Å². The molecule has 0 aliphatic carbocycles. The van der Waals surface area contributed by atoms with Crippen LogP contribution in [0.3, 0.4) is 0 Å². The van der Waals surface area contributed by atoms with Crippen LogP contribution in [0.15, 0.2) is 24.3 Å². The minimum absolute atomic E-state index is 0.161. The SMILES string of the molecule is NC(=O)CNCC1COc2ccccc2N1. The number of carbonyl (C=O) groups excluding carboxylic acids is 1. The van der Waals surface area contributed by atoms with E-state index in [0.29, 0.717) is 13.2 Å². The number of benzene rings is 1. The molecular weight excluding hydrogens is 206 g/mol. The molecule has 0 spiro atoms. The smallest absolute Gasteiger partial charge is 0.231 e. The first-order chi connectivity index (χ1) is 7.75. The average molecular weight is 221 g/mol. The van der Waals surface area contributed by atoms with Crippen LogP contribution < -0.4 is 21.1 Å². The summed E-state index contributed by atoms with van der Waals surface area (Å²) in [5.41, 5.74) is 6.02. The second kappa shape index (κ2) is 4.85. The molecule has 1 aliphatic rings. The Labute approximate surface area is 94.0 Å². The van der Waals surface area contributed by atoms with Gasteiger partial charge in [0.1, 0.15) is 12.4 Å². The first-order valence-corrected chi connectivity index (χ1v) is 5.23. The molecule has 1 aromatic carbocycles. The van der Waals surface area contributed by atoms with Gasteiger partial charge in [-0.1, -0.05) is 12.1 Å². The molecule has 0 aromatic heterocycles. The maximum Gasteiger partial charge on any atom is 0.231 e. The van der Waals surface area contributed by atoms with Gasteiger partial charge in [0.05, 0.1) is 18.3 Å². The van der Waals surface area contributed by atoms with Gasteiger partial charge in [-0.3, -0.25) is 4.79 Å². The molecule has 1 amide bonds. The summed E-state index contributed by atoms with van der Waals surface area (Å²) in [5, 5.41) is 6.30. The van der Waals surface area contributed by atoms with Gasteiger partial charge in [-0.05, 0) is 12.1 Å². The van der Waals surface area contributed by atoms with Gasteiger partial charge in [0.15, 0.2) is 0 Å². The summed E-state index contributed by atoms with van der Waals surface area (Å²) in [6.45, 7) is 1.43. The fourth-order valence-corrected chi connectivity index (χ4v) is 1.64. The fourth-order valence-electron chi connectivity index (χ4n) is 1.64. The van der Waals surface area contributed by atoms with Crippen molar-refractivity contribution in [3.05, 3.63) is 24.3 Å². The maximum atomic E-state index is 10.5. The van der Waals surface area contributed by atoms with Crippen molar-refractivity contribution < 1.29 is 9.53 Å². The number of fused-ring (bicyclic) bond motifs is 1. The molecule has 1 heterocycles. The van der Waals surface area contributed by atoms with Gasteiger partial charge in [0, 0.05) is 6.54 Å². The standard InChI is InChI=1S/C11H15N3O2/c12-11(15)6-13-5-8-7-16-10-4-2-1-3-9(10)14-8/h1-4,8,13-14H,5-7H2,(H2,12,15). The van der Waals surface area contributed by atoms with Crippen LogP contribution in [0.2, 0.25) is 0 Å². The van der Waals surface area contributed by atoms with E-state index in [1.165, 1.54) is 0 Å². The van der Waals surface area contributed by atoms with E-state index in [-0.39, 0.29) is 18.5 Å². The van der Waals surface area contributed by atoms with Gasteiger partial charge in [-0.25, -0.2) is 0 Å². The number of nitrogens with two attached hydrogens (primary N) is 1. The minimum atomic E-state index is -0.350. The molecule has 1 aliphatic heterocycles. The first kappa shape index (κ1) is 10.8. The third kappa shape index (κ3) is 2.64. The number of hydrogen-bond donors (Lipinski definition) is 3. The number of carbonyl (C=O) groups is 1. The van der Waals surface area contributed by atoms with E-state index < -0.39 is 0 Å². The van der Waals surface area contributed by atoms with E-state index in [0.717, 1.165) is 11.4 Å². The number of rotatable bonds is 4. The Morgan fingerprint density at radius 3 is 3.19 bits per heavy atom. The number of para-hydroxylation sites is 2. The number of hydrogen-bond acceptors (Lipinski definition) is 4. The van der Waals surface area contributed by atoms with Crippen LogP contribution >= 0.6 is 0 Å². The molecule has 1 atom stereocenters. The van der Waals surface area contributed by atoms with Crippen molar-refractivity contribution in [3.63, 3.8) is 0 Å². The average Bonchev–Trinajstić information content (AvgIpc) is 2.28. The zero-order valence-corrected chi connectivity index (χ0v) is 8.90. The van der Waals surface area contributed by atoms with Crippen LogP contribution in [0.5, 0.6) is 5.75 Å². The van der Waals surface area contributed by atoms with Crippen molar-refractivity contribution in [2.75, 3.05) is 25.0 Å². The highest BCUT2D eigenvalue weighted by atomic mass is 16.5. The van der Waals surface area contributed by atoms with Crippen LogP contribution in [0.1, 0.15) is 0 Å². The molecule has 4 N–H and O–H groups in total. The highest BCUT2D eigenvalue weighted by molar-refractivity contribution is 5.75. The normalized spacial score (nSPS) is 18.1. The molecule has 0 fully saturated rings. The quantitative estimate of drug-likeness (QED) is 0.665. The predicted octanol–water partition coefficient (Wildman–Crippen LogP) is -0.0656. The van der Waals surface area contributed by atoms with E-state index >= 15 is 0 Å². The number of primary amides is 1. The van der Waals surface area contributed by atoms with E-state index in [1.54, 1.807) is 0 Å². The number of ether oxygens (including phenoxy) is 1. The summed E-state index contributed by atoms with van der Waals surface area (Å²) >= 11 is 0. The van der Waals surface area contributed by atoms with Crippen molar-refractivity contribution in [1.82, 2.24) is 5.32 Å². The molecular formula is C11H15N3O2. The summed E-state index contributed by atoms with van der Waals surface area (Å²) in [7, 11) is 0. The highest BCUT2D eigenvalue weighted by Gasteiger charge is 2.17. The monoisotopic (exact) mass is 221 g/mol. The van der Waals surface area contributed by atoms with Crippen LogP contribution in [-0.4, -0.2) is 31.6 Å². The van der Waals surface area contributed by atoms with E-state index in [4.69, 9.17) is 10.5 Å². The molecule has 0 radical (unpaired) electrons. The number of nitrogens with one attached hydrogen (secondary N) is 2. The van der Waals surface area contributed by atoms with Gasteiger partial charge in [0.25, 0.3) is 0 Å². The van der Waals surface area contributed by atoms with Gasteiger partial charge < -0.3 is 21.1 Å². The molecule has 16 heavy (non-hydrogen) atoms. The topological polar surface area (TPSA) is 76.4 Å². The predicted molar refractivity (Wildman–Crippen MR) is 61.4 cm³/mol. The molecule has 5 nitrogen and oxygen atoms in total. The van der Waals surface area contributed by atoms with Crippen LogP contribution in [-0.2, 0) is 4.79 Å². The lowest BCUT2D eigenvalue weighted by Gasteiger charge is -2.27. The van der Waals surface area contributed by atoms with Crippen LogP contribution in [0.25, 0.3) is 0 Å². The lowest BCUT2D eigenvalue weighted by Crippen LogP contribution is -2.42. The minimum Gasteiger partial charge on any atom is -0.489 e. The number of anilines is 1. The molecule has 5 heteroatoms.